The SMILES string of the molecule is CCON=Cc1cnc(SCCC(F)=C(F)F)s1. The maximum absolute atomic E-state index is 12.5. The van der Waals surface area contributed by atoms with Gasteiger partial charge in [-0.3, -0.25) is 0 Å². The van der Waals surface area contributed by atoms with Crippen LogP contribution < -0.4 is 0 Å². The van der Waals surface area contributed by atoms with Gasteiger partial charge in [0.15, 0.2) is 5.83 Å². The molecule has 8 heteroatoms. The molecule has 0 saturated heterocycles. The Labute approximate surface area is 111 Å². The Morgan fingerprint density at radius 1 is 1.56 bits per heavy atom. The molecule has 1 aromatic heterocycles. The molecule has 18 heavy (non-hydrogen) atoms. The second-order valence-corrected chi connectivity index (χ2v) is 5.35. The summed E-state index contributed by atoms with van der Waals surface area (Å²) >= 11 is 2.56. The second kappa shape index (κ2) is 8.15. The predicted molar refractivity (Wildman–Crippen MR) is 67.0 cm³/mol. The maximum atomic E-state index is 12.5. The molecule has 0 aliphatic carbocycles. The summed E-state index contributed by atoms with van der Waals surface area (Å²) in [6.45, 7) is 2.30. The van der Waals surface area contributed by atoms with Crippen LogP contribution in [0.15, 0.2) is 27.6 Å². The first-order valence-corrected chi connectivity index (χ1v) is 6.87. The van der Waals surface area contributed by atoms with Gasteiger partial charge in [0.1, 0.15) is 10.9 Å². The molecule has 0 saturated carbocycles. The van der Waals surface area contributed by atoms with Crippen LogP contribution >= 0.6 is 23.1 Å². The van der Waals surface area contributed by atoms with Crippen LogP contribution in [-0.4, -0.2) is 23.6 Å². The molecule has 0 aromatic carbocycles. The molecule has 100 valence electrons. The number of halogens is 3. The van der Waals surface area contributed by atoms with Crippen LogP contribution in [0.25, 0.3) is 0 Å². The van der Waals surface area contributed by atoms with E-state index in [-0.39, 0.29) is 12.2 Å². The van der Waals surface area contributed by atoms with Crippen LogP contribution in [0.1, 0.15) is 18.2 Å². The van der Waals surface area contributed by atoms with Gasteiger partial charge in [0.05, 0.1) is 11.1 Å². The molecule has 1 aromatic rings. The van der Waals surface area contributed by atoms with Crippen LogP contribution in [0, 0.1) is 0 Å². The van der Waals surface area contributed by atoms with Gasteiger partial charge in [-0.1, -0.05) is 16.9 Å². The monoisotopic (exact) mass is 296 g/mol. The third kappa shape index (κ3) is 5.54. The fourth-order valence-electron chi connectivity index (χ4n) is 0.882. The molecule has 0 radical (unpaired) electrons. The van der Waals surface area contributed by atoms with Crippen LogP contribution in [0.3, 0.4) is 0 Å². The van der Waals surface area contributed by atoms with Gasteiger partial charge in [0, 0.05) is 18.4 Å². The Hall–Kier alpha value is -1.02. The molecule has 0 unspecified atom stereocenters. The van der Waals surface area contributed by atoms with Gasteiger partial charge in [-0.25, -0.2) is 9.37 Å². The molecular formula is C10H11F3N2OS2. The van der Waals surface area contributed by atoms with E-state index in [0.29, 0.717) is 10.9 Å². The summed E-state index contributed by atoms with van der Waals surface area (Å²) in [7, 11) is 0. The third-order valence-electron chi connectivity index (χ3n) is 1.64. The first-order chi connectivity index (χ1) is 8.63. The standard InChI is InChI=1S/C10H11F3N2OS2/c1-2-16-15-6-7-5-14-10(18-7)17-4-3-8(11)9(12)13/h5-6H,2-4H2,1H3. The summed E-state index contributed by atoms with van der Waals surface area (Å²) in [4.78, 5) is 9.62. The van der Waals surface area contributed by atoms with E-state index in [2.05, 4.69) is 10.1 Å². The van der Waals surface area contributed by atoms with Crippen molar-refractivity contribution in [3.8, 4) is 0 Å². The van der Waals surface area contributed by atoms with Crippen molar-refractivity contribution in [1.82, 2.24) is 4.98 Å². The van der Waals surface area contributed by atoms with Crippen molar-refractivity contribution in [3.63, 3.8) is 0 Å². The van der Waals surface area contributed by atoms with Gasteiger partial charge in [0.25, 0.3) is 0 Å². The first kappa shape index (κ1) is 15.0. The molecule has 0 aliphatic rings. The van der Waals surface area contributed by atoms with Crippen molar-refractivity contribution in [3.05, 3.63) is 23.0 Å². The fraction of sp³-hybridized carbons (Fsp3) is 0.400. The van der Waals surface area contributed by atoms with Crippen molar-refractivity contribution in [1.29, 1.82) is 0 Å². The van der Waals surface area contributed by atoms with Crippen LogP contribution in [0.2, 0.25) is 0 Å². The van der Waals surface area contributed by atoms with E-state index >= 15 is 0 Å². The van der Waals surface area contributed by atoms with E-state index in [1.165, 1.54) is 29.3 Å². The van der Waals surface area contributed by atoms with Crippen molar-refractivity contribution in [2.24, 2.45) is 5.16 Å². The zero-order valence-corrected chi connectivity index (χ0v) is 11.2. The van der Waals surface area contributed by atoms with Crippen molar-refractivity contribution in [2.75, 3.05) is 12.4 Å². The van der Waals surface area contributed by atoms with Crippen LogP contribution in [-0.2, 0) is 4.84 Å². The Morgan fingerprint density at radius 2 is 2.33 bits per heavy atom. The molecule has 0 bridgehead atoms. The molecule has 0 amide bonds. The molecule has 0 fully saturated rings. The number of rotatable bonds is 7. The van der Waals surface area contributed by atoms with Gasteiger partial charge >= 0.3 is 6.08 Å². The van der Waals surface area contributed by atoms with Gasteiger partial charge in [-0.05, 0) is 6.92 Å². The summed E-state index contributed by atoms with van der Waals surface area (Å²) in [6.07, 6.45) is 0.568. The lowest BCUT2D eigenvalue weighted by atomic mass is 10.4. The number of thiazole rings is 1. The molecule has 1 heterocycles. The van der Waals surface area contributed by atoms with Gasteiger partial charge in [-0.15, -0.1) is 11.3 Å². The van der Waals surface area contributed by atoms with Gasteiger partial charge in [-0.2, -0.15) is 8.78 Å². The summed E-state index contributed by atoms with van der Waals surface area (Å²) < 4.78 is 36.7. The number of hydrogen-bond donors (Lipinski definition) is 0. The van der Waals surface area contributed by atoms with Gasteiger partial charge < -0.3 is 4.84 Å². The zero-order valence-electron chi connectivity index (χ0n) is 9.53. The average molecular weight is 296 g/mol. The average Bonchev–Trinajstić information content (AvgIpc) is 2.77. The van der Waals surface area contributed by atoms with E-state index in [9.17, 15) is 13.2 Å². The van der Waals surface area contributed by atoms with Crippen molar-refractivity contribution < 1.29 is 18.0 Å². The number of allylic oxidation sites excluding steroid dienone is 1. The number of thioether (sulfide) groups is 1. The van der Waals surface area contributed by atoms with Crippen LogP contribution in [0.4, 0.5) is 13.2 Å². The lowest BCUT2D eigenvalue weighted by molar-refractivity contribution is 0.160. The summed E-state index contributed by atoms with van der Waals surface area (Å²) in [5.41, 5.74) is 0. The Morgan fingerprint density at radius 3 is 3.00 bits per heavy atom. The van der Waals surface area contributed by atoms with Crippen LogP contribution in [0.5, 0.6) is 0 Å². The molecule has 0 N–H and O–H groups in total. The molecule has 0 atom stereocenters. The lowest BCUT2D eigenvalue weighted by Gasteiger charge is -1.94. The van der Waals surface area contributed by atoms with Crippen molar-refractivity contribution in [2.45, 2.75) is 17.7 Å². The number of hydrogen-bond acceptors (Lipinski definition) is 5. The number of oxime groups is 1. The highest BCUT2D eigenvalue weighted by Crippen LogP contribution is 2.26. The topological polar surface area (TPSA) is 34.5 Å². The van der Waals surface area contributed by atoms with E-state index in [1.54, 1.807) is 6.20 Å². The second-order valence-electron chi connectivity index (χ2n) is 2.94. The third-order valence-corrected chi connectivity index (χ3v) is 3.73. The molecule has 0 spiro atoms. The van der Waals surface area contributed by atoms with Crippen molar-refractivity contribution >= 4 is 29.3 Å². The first-order valence-electron chi connectivity index (χ1n) is 5.07. The largest absolute Gasteiger partial charge is 0.396 e. The van der Waals surface area contributed by atoms with E-state index < -0.39 is 11.9 Å². The Balaban J connectivity index is 2.38. The maximum Gasteiger partial charge on any atom is 0.301 e. The highest BCUT2D eigenvalue weighted by molar-refractivity contribution is 8.01. The summed E-state index contributed by atoms with van der Waals surface area (Å²) in [5.74, 6) is -1.14. The molecular weight excluding hydrogens is 285 g/mol. The summed E-state index contributed by atoms with van der Waals surface area (Å²) in [6, 6.07) is 0. The quantitative estimate of drug-likeness (QED) is 0.432. The predicted octanol–water partition coefficient (Wildman–Crippen LogP) is 4.07. The highest BCUT2D eigenvalue weighted by atomic mass is 32.2. The van der Waals surface area contributed by atoms with E-state index in [4.69, 9.17) is 4.84 Å². The molecule has 1 rings (SSSR count). The highest BCUT2D eigenvalue weighted by Gasteiger charge is 2.06. The number of aromatic nitrogens is 1. The zero-order chi connectivity index (χ0) is 13.4. The van der Waals surface area contributed by atoms with Gasteiger partial charge in [0.2, 0.25) is 0 Å². The minimum absolute atomic E-state index is 0.221. The minimum atomic E-state index is -2.25. The fourth-order valence-corrected chi connectivity index (χ4v) is 2.75. The number of nitrogens with zero attached hydrogens (tertiary/aromatic N) is 2. The Bertz CT molecular complexity index is 431. The Kier molecular flexibility index (Phi) is 6.81. The summed E-state index contributed by atoms with van der Waals surface area (Å²) in [5, 5.41) is 3.67. The van der Waals surface area contributed by atoms with E-state index in [1.807, 2.05) is 6.92 Å². The minimum Gasteiger partial charge on any atom is -0.396 e. The normalized spacial score (nSPS) is 10.9. The lowest BCUT2D eigenvalue weighted by Crippen LogP contribution is -1.81. The van der Waals surface area contributed by atoms with E-state index in [0.717, 1.165) is 4.88 Å². The molecule has 0 aliphatic heterocycles. The smallest absolute Gasteiger partial charge is 0.301 e. The molecule has 3 nitrogen and oxygen atoms in total.